The molecule has 3 aliphatic rings. The van der Waals surface area contributed by atoms with Gasteiger partial charge in [-0.1, -0.05) is 16.8 Å². The van der Waals surface area contributed by atoms with Gasteiger partial charge in [-0.25, -0.2) is 9.67 Å². The summed E-state index contributed by atoms with van der Waals surface area (Å²) in [6.07, 6.45) is 5.46. The summed E-state index contributed by atoms with van der Waals surface area (Å²) in [6.45, 7) is 1.71. The number of anilines is 1. The Morgan fingerprint density at radius 1 is 1.23 bits per heavy atom. The molecule has 2 amide bonds. The van der Waals surface area contributed by atoms with Gasteiger partial charge in [0.1, 0.15) is 11.6 Å². The van der Waals surface area contributed by atoms with Gasteiger partial charge in [0.15, 0.2) is 5.69 Å². The maximum absolute atomic E-state index is 12.8. The Morgan fingerprint density at radius 3 is 2.72 bits per heavy atom. The number of hydrogen-bond acceptors (Lipinski definition) is 6. The lowest BCUT2D eigenvalue weighted by Gasteiger charge is -2.36. The Labute approximate surface area is 228 Å². The number of benzene rings is 1. The molecule has 0 bridgehead atoms. The highest BCUT2D eigenvalue weighted by Gasteiger charge is 2.52. The number of hydrogen-bond donors (Lipinski definition) is 1. The van der Waals surface area contributed by atoms with Crippen molar-refractivity contribution < 1.29 is 23.1 Å². The lowest BCUT2D eigenvalue weighted by molar-refractivity contribution is -0.118. The van der Waals surface area contributed by atoms with Crippen molar-refractivity contribution in [3.63, 3.8) is 0 Å². The Kier molecular flexibility index (Phi) is 6.49. The molecule has 1 unspecified atom stereocenters. The maximum Gasteiger partial charge on any atom is 0.387 e. The van der Waals surface area contributed by atoms with Crippen molar-refractivity contribution in [2.75, 3.05) is 11.4 Å². The highest BCUT2D eigenvalue weighted by atomic mass is 35.5. The summed E-state index contributed by atoms with van der Waals surface area (Å²) < 4.78 is 31.8. The predicted molar refractivity (Wildman–Crippen MR) is 138 cm³/mol. The standard InChI is InChI=1S/C27H27ClF2N6O3/c1-13-5-24(35-11-16-8-20(16)26(35)38)31-10-21(13)14(2)36-12-22(33-34-36)25(37)32-18-6-15(7-18)19-9-17(28)3-4-23(19)39-27(29)30/h3-5,9-10,12,14-16,18,20,27H,6-8,11H2,1-2H3,(H,32,37)/t14?,15-,16-,18+,20-/m1/s1. The molecular weight excluding hydrogens is 530 g/mol. The van der Waals surface area contributed by atoms with Crippen LogP contribution in [0.2, 0.25) is 5.02 Å². The van der Waals surface area contributed by atoms with E-state index in [1.165, 1.54) is 12.1 Å². The van der Waals surface area contributed by atoms with Crippen molar-refractivity contribution in [2.24, 2.45) is 11.8 Å². The lowest BCUT2D eigenvalue weighted by atomic mass is 9.75. The van der Waals surface area contributed by atoms with Crippen molar-refractivity contribution in [1.29, 1.82) is 0 Å². The maximum atomic E-state index is 12.8. The van der Waals surface area contributed by atoms with E-state index in [2.05, 4.69) is 25.3 Å². The highest BCUT2D eigenvalue weighted by Crippen LogP contribution is 2.47. The minimum absolute atomic E-state index is 0.0569. The Bertz CT molecular complexity index is 1440. The van der Waals surface area contributed by atoms with E-state index in [1.54, 1.807) is 28.0 Å². The molecule has 2 aromatic heterocycles. The van der Waals surface area contributed by atoms with Gasteiger partial charge in [0, 0.05) is 29.7 Å². The number of amides is 2. The predicted octanol–water partition coefficient (Wildman–Crippen LogP) is 4.50. The lowest BCUT2D eigenvalue weighted by Crippen LogP contribution is -2.43. The third-order valence-electron chi connectivity index (χ3n) is 8.03. The zero-order valence-corrected chi connectivity index (χ0v) is 22.1. The van der Waals surface area contributed by atoms with Crippen LogP contribution in [0.3, 0.4) is 0 Å². The molecular formula is C27H27ClF2N6O3. The number of ether oxygens (including phenoxy) is 1. The summed E-state index contributed by atoms with van der Waals surface area (Å²) in [5, 5.41) is 11.6. The van der Waals surface area contributed by atoms with Gasteiger partial charge in [0.25, 0.3) is 5.91 Å². The SMILES string of the molecule is Cc1cc(N2C[C@H]3C[C@H]3C2=O)ncc1C(C)n1cc(C(=O)N[C@H]2C[C@@H](c3cc(Cl)ccc3OC(F)F)C2)nn1. The molecule has 1 N–H and O–H groups in total. The average molecular weight is 557 g/mol. The molecule has 204 valence electrons. The minimum Gasteiger partial charge on any atom is -0.435 e. The van der Waals surface area contributed by atoms with Crippen molar-refractivity contribution in [1.82, 2.24) is 25.3 Å². The number of fused-ring (bicyclic) bond motifs is 1. The number of nitrogens with one attached hydrogen (secondary N) is 1. The molecule has 1 aliphatic heterocycles. The van der Waals surface area contributed by atoms with E-state index < -0.39 is 6.61 Å². The fraction of sp³-hybridized carbons (Fsp3) is 0.444. The second kappa shape index (κ2) is 9.86. The topological polar surface area (TPSA) is 102 Å². The van der Waals surface area contributed by atoms with Gasteiger partial charge in [0.05, 0.1) is 12.2 Å². The first-order valence-electron chi connectivity index (χ1n) is 12.9. The van der Waals surface area contributed by atoms with Crippen LogP contribution in [0.15, 0.2) is 36.7 Å². The normalized spacial score (nSPS) is 24.4. The van der Waals surface area contributed by atoms with Gasteiger partial charge in [-0.15, -0.1) is 5.10 Å². The summed E-state index contributed by atoms with van der Waals surface area (Å²) in [6, 6.07) is 6.13. The monoisotopic (exact) mass is 556 g/mol. The summed E-state index contributed by atoms with van der Waals surface area (Å²) in [5.74, 6) is 1.16. The van der Waals surface area contributed by atoms with E-state index in [4.69, 9.17) is 11.6 Å². The molecule has 0 radical (unpaired) electrons. The first kappa shape index (κ1) is 25.7. The van der Waals surface area contributed by atoms with Crippen molar-refractivity contribution >= 4 is 29.2 Å². The summed E-state index contributed by atoms with van der Waals surface area (Å²) in [5.41, 5.74) is 2.67. The third-order valence-corrected chi connectivity index (χ3v) is 8.26. The number of aryl methyl sites for hydroxylation is 1. The zero-order chi connectivity index (χ0) is 27.4. The number of pyridine rings is 1. The van der Waals surface area contributed by atoms with E-state index in [0.29, 0.717) is 35.2 Å². The Morgan fingerprint density at radius 2 is 2.03 bits per heavy atom. The van der Waals surface area contributed by atoms with E-state index in [1.807, 2.05) is 19.9 Å². The zero-order valence-electron chi connectivity index (χ0n) is 21.4. The van der Waals surface area contributed by atoms with Crippen LogP contribution in [0.4, 0.5) is 14.6 Å². The van der Waals surface area contributed by atoms with Crippen LogP contribution in [0.1, 0.15) is 65.3 Å². The van der Waals surface area contributed by atoms with Gasteiger partial charge < -0.3 is 10.1 Å². The van der Waals surface area contributed by atoms with Crippen molar-refractivity contribution in [3.05, 3.63) is 64.1 Å². The molecule has 3 fully saturated rings. The van der Waals surface area contributed by atoms with Crippen LogP contribution in [0.5, 0.6) is 5.75 Å². The number of carbonyl (C=O) groups excluding carboxylic acids is 2. The van der Waals surface area contributed by atoms with Crippen molar-refractivity contribution in [2.45, 2.75) is 57.7 Å². The number of alkyl halides is 2. The molecule has 9 nitrogen and oxygen atoms in total. The average Bonchev–Trinajstić information content (AvgIpc) is 3.32. The molecule has 3 heterocycles. The van der Waals surface area contributed by atoms with Gasteiger partial charge in [-0.2, -0.15) is 8.78 Å². The number of carbonyl (C=O) groups is 2. The molecule has 2 saturated carbocycles. The molecule has 1 saturated heterocycles. The molecule has 0 spiro atoms. The van der Waals surface area contributed by atoms with E-state index in [9.17, 15) is 18.4 Å². The largest absolute Gasteiger partial charge is 0.435 e. The van der Waals surface area contributed by atoms with E-state index >= 15 is 0 Å². The van der Waals surface area contributed by atoms with Gasteiger partial charge in [-0.05, 0) is 85.9 Å². The highest BCUT2D eigenvalue weighted by molar-refractivity contribution is 6.30. The minimum atomic E-state index is -2.93. The number of rotatable bonds is 8. The third kappa shape index (κ3) is 4.95. The van der Waals surface area contributed by atoms with Crippen LogP contribution in [0, 0.1) is 18.8 Å². The van der Waals surface area contributed by atoms with Crippen LogP contribution in [0.25, 0.3) is 0 Å². The molecule has 3 aromatic rings. The van der Waals surface area contributed by atoms with Gasteiger partial charge in [0.2, 0.25) is 5.91 Å². The number of piperidine rings is 1. The molecule has 1 aromatic carbocycles. The molecule has 6 rings (SSSR count). The second-order valence-electron chi connectivity index (χ2n) is 10.6. The first-order chi connectivity index (χ1) is 18.7. The summed E-state index contributed by atoms with van der Waals surface area (Å²) in [7, 11) is 0. The Hall–Kier alpha value is -3.60. The van der Waals surface area contributed by atoms with E-state index in [-0.39, 0.29) is 47.2 Å². The van der Waals surface area contributed by atoms with Crippen LogP contribution >= 0.6 is 11.6 Å². The van der Waals surface area contributed by atoms with Gasteiger partial charge in [-0.3, -0.25) is 14.5 Å². The Balaban J connectivity index is 1.07. The van der Waals surface area contributed by atoms with Crippen LogP contribution < -0.4 is 15.0 Å². The quantitative estimate of drug-likeness (QED) is 0.438. The number of nitrogens with zero attached hydrogens (tertiary/aromatic N) is 5. The second-order valence-corrected chi connectivity index (χ2v) is 11.0. The summed E-state index contributed by atoms with van der Waals surface area (Å²) in [4.78, 5) is 31.5. The van der Waals surface area contributed by atoms with Crippen LogP contribution in [-0.4, -0.2) is 51.0 Å². The molecule has 12 heteroatoms. The molecule has 39 heavy (non-hydrogen) atoms. The van der Waals surface area contributed by atoms with Crippen LogP contribution in [-0.2, 0) is 4.79 Å². The van der Waals surface area contributed by atoms with Crippen molar-refractivity contribution in [3.8, 4) is 5.75 Å². The summed E-state index contributed by atoms with van der Waals surface area (Å²) >= 11 is 6.06. The fourth-order valence-electron chi connectivity index (χ4n) is 5.62. The van der Waals surface area contributed by atoms with Gasteiger partial charge >= 0.3 is 6.61 Å². The fourth-order valence-corrected chi connectivity index (χ4v) is 5.80. The smallest absolute Gasteiger partial charge is 0.387 e. The number of aromatic nitrogens is 4. The molecule has 2 aliphatic carbocycles. The first-order valence-corrected chi connectivity index (χ1v) is 13.3. The molecule has 3 atom stereocenters. The van der Waals surface area contributed by atoms with E-state index in [0.717, 1.165) is 24.1 Å². The number of halogens is 3.